The first-order chi connectivity index (χ1) is 8.52. The van der Waals surface area contributed by atoms with Gasteiger partial charge in [0.1, 0.15) is 0 Å². The number of aromatic nitrogens is 1. The summed E-state index contributed by atoms with van der Waals surface area (Å²) in [6.45, 7) is 4.94. The van der Waals surface area contributed by atoms with E-state index in [1.165, 1.54) is 0 Å². The van der Waals surface area contributed by atoms with Gasteiger partial charge < -0.3 is 11.1 Å². The van der Waals surface area contributed by atoms with E-state index in [0.717, 1.165) is 23.0 Å². The highest BCUT2D eigenvalue weighted by Gasteiger charge is 2.17. The highest BCUT2D eigenvalue weighted by Crippen LogP contribution is 2.27. The number of pyridine rings is 1. The standard InChI is InChI=1S/C14H18ClN3/c1-14(2,6-7-16)18-12-5-8-17-13-9-10(15)3-4-11(12)13/h3-5,8-9H,6-7,16H2,1-2H3,(H,17,18). The molecule has 0 fully saturated rings. The van der Waals surface area contributed by atoms with Crippen molar-refractivity contribution in [3.05, 3.63) is 35.5 Å². The molecule has 3 nitrogen and oxygen atoms in total. The van der Waals surface area contributed by atoms with Gasteiger partial charge in [0.05, 0.1) is 5.52 Å². The van der Waals surface area contributed by atoms with Crippen LogP contribution in [0, 0.1) is 0 Å². The second kappa shape index (κ2) is 5.12. The Morgan fingerprint density at radius 1 is 1.33 bits per heavy atom. The summed E-state index contributed by atoms with van der Waals surface area (Å²) in [5.41, 5.74) is 7.56. The molecule has 0 bridgehead atoms. The lowest BCUT2D eigenvalue weighted by Crippen LogP contribution is -2.33. The van der Waals surface area contributed by atoms with Crippen LogP contribution >= 0.6 is 11.6 Å². The maximum absolute atomic E-state index is 5.98. The van der Waals surface area contributed by atoms with Gasteiger partial charge in [-0.15, -0.1) is 0 Å². The molecule has 96 valence electrons. The van der Waals surface area contributed by atoms with Crippen molar-refractivity contribution in [3.8, 4) is 0 Å². The summed E-state index contributed by atoms with van der Waals surface area (Å²) in [6.07, 6.45) is 2.70. The van der Waals surface area contributed by atoms with Crippen LogP contribution in [0.15, 0.2) is 30.5 Å². The minimum Gasteiger partial charge on any atom is -0.380 e. The van der Waals surface area contributed by atoms with Crippen molar-refractivity contribution in [2.45, 2.75) is 25.8 Å². The second-order valence-electron chi connectivity index (χ2n) is 5.07. The van der Waals surface area contributed by atoms with Crippen molar-refractivity contribution in [2.75, 3.05) is 11.9 Å². The molecule has 2 rings (SSSR count). The topological polar surface area (TPSA) is 50.9 Å². The van der Waals surface area contributed by atoms with Crippen molar-refractivity contribution in [1.29, 1.82) is 0 Å². The van der Waals surface area contributed by atoms with Gasteiger partial charge in [-0.05, 0) is 51.1 Å². The van der Waals surface area contributed by atoms with Crippen LogP contribution in [-0.2, 0) is 0 Å². The summed E-state index contributed by atoms with van der Waals surface area (Å²) in [7, 11) is 0. The molecule has 2 aromatic rings. The predicted molar refractivity (Wildman–Crippen MR) is 78.1 cm³/mol. The molecule has 0 amide bonds. The van der Waals surface area contributed by atoms with Gasteiger partial charge in [-0.1, -0.05) is 11.6 Å². The van der Waals surface area contributed by atoms with Crippen LogP contribution in [0.5, 0.6) is 0 Å². The number of nitrogens with two attached hydrogens (primary N) is 1. The summed E-state index contributed by atoms with van der Waals surface area (Å²) in [5, 5.41) is 5.30. The number of anilines is 1. The summed E-state index contributed by atoms with van der Waals surface area (Å²) < 4.78 is 0. The number of nitrogens with one attached hydrogen (secondary N) is 1. The molecule has 0 unspecified atom stereocenters. The van der Waals surface area contributed by atoms with E-state index in [9.17, 15) is 0 Å². The number of fused-ring (bicyclic) bond motifs is 1. The smallest absolute Gasteiger partial charge is 0.0737 e. The normalized spacial score (nSPS) is 11.8. The van der Waals surface area contributed by atoms with Crippen molar-refractivity contribution in [1.82, 2.24) is 4.98 Å². The fourth-order valence-corrected chi connectivity index (χ4v) is 2.18. The van der Waals surface area contributed by atoms with Gasteiger partial charge in [0.15, 0.2) is 0 Å². The molecule has 18 heavy (non-hydrogen) atoms. The van der Waals surface area contributed by atoms with Crippen molar-refractivity contribution < 1.29 is 0 Å². The van der Waals surface area contributed by atoms with Crippen molar-refractivity contribution in [2.24, 2.45) is 5.73 Å². The van der Waals surface area contributed by atoms with E-state index in [1.54, 1.807) is 6.20 Å². The Morgan fingerprint density at radius 2 is 2.11 bits per heavy atom. The zero-order valence-electron chi connectivity index (χ0n) is 10.7. The minimum atomic E-state index is -0.0390. The van der Waals surface area contributed by atoms with Gasteiger partial charge in [-0.2, -0.15) is 0 Å². The van der Waals surface area contributed by atoms with Crippen LogP contribution in [0.3, 0.4) is 0 Å². The third-order valence-electron chi connectivity index (χ3n) is 2.95. The number of hydrogen-bond acceptors (Lipinski definition) is 3. The fraction of sp³-hybridized carbons (Fsp3) is 0.357. The van der Waals surface area contributed by atoms with Gasteiger partial charge in [0.25, 0.3) is 0 Å². The molecule has 0 radical (unpaired) electrons. The van der Waals surface area contributed by atoms with Crippen LogP contribution in [0.1, 0.15) is 20.3 Å². The predicted octanol–water partition coefficient (Wildman–Crippen LogP) is 3.43. The molecule has 1 aromatic heterocycles. The number of halogens is 1. The number of hydrogen-bond donors (Lipinski definition) is 2. The van der Waals surface area contributed by atoms with Gasteiger partial charge in [-0.3, -0.25) is 4.98 Å². The van der Waals surface area contributed by atoms with Gasteiger partial charge in [-0.25, -0.2) is 0 Å². The third kappa shape index (κ3) is 2.92. The Kier molecular flexibility index (Phi) is 3.73. The number of rotatable bonds is 4. The molecule has 0 aliphatic heterocycles. The van der Waals surface area contributed by atoms with Crippen molar-refractivity contribution >= 4 is 28.2 Å². The molecule has 0 spiro atoms. The molecule has 0 aliphatic carbocycles. The largest absolute Gasteiger partial charge is 0.380 e. The summed E-state index contributed by atoms with van der Waals surface area (Å²) >= 11 is 5.98. The zero-order chi connectivity index (χ0) is 13.2. The first-order valence-corrected chi connectivity index (χ1v) is 6.42. The lowest BCUT2D eigenvalue weighted by molar-refractivity contribution is 0.527. The Morgan fingerprint density at radius 3 is 2.83 bits per heavy atom. The van der Waals surface area contributed by atoms with E-state index in [1.807, 2.05) is 24.3 Å². The monoisotopic (exact) mass is 263 g/mol. The molecule has 0 saturated heterocycles. The highest BCUT2D eigenvalue weighted by molar-refractivity contribution is 6.31. The lowest BCUT2D eigenvalue weighted by Gasteiger charge is -2.27. The van der Waals surface area contributed by atoms with Gasteiger partial charge >= 0.3 is 0 Å². The molecular formula is C14H18ClN3. The van der Waals surface area contributed by atoms with Gasteiger partial charge in [0.2, 0.25) is 0 Å². The van der Waals surface area contributed by atoms with Gasteiger partial charge in [0, 0.05) is 27.8 Å². The third-order valence-corrected chi connectivity index (χ3v) is 3.18. The van der Waals surface area contributed by atoms with E-state index in [-0.39, 0.29) is 5.54 Å². The average Bonchev–Trinajstić information content (AvgIpc) is 2.28. The summed E-state index contributed by atoms with van der Waals surface area (Å²) in [5.74, 6) is 0. The Hall–Kier alpha value is -1.32. The van der Waals surface area contributed by atoms with E-state index in [4.69, 9.17) is 17.3 Å². The van der Waals surface area contributed by atoms with Crippen LogP contribution in [0.2, 0.25) is 5.02 Å². The van der Waals surface area contributed by atoms with E-state index >= 15 is 0 Å². The molecule has 0 atom stereocenters. The number of nitrogens with zero attached hydrogens (tertiary/aromatic N) is 1. The van der Waals surface area contributed by atoms with Crippen LogP contribution in [0.4, 0.5) is 5.69 Å². The maximum Gasteiger partial charge on any atom is 0.0737 e. The molecular weight excluding hydrogens is 246 g/mol. The van der Waals surface area contributed by atoms with Crippen LogP contribution < -0.4 is 11.1 Å². The average molecular weight is 264 g/mol. The van der Waals surface area contributed by atoms with E-state index in [0.29, 0.717) is 11.6 Å². The molecule has 0 aliphatic rings. The number of benzene rings is 1. The van der Waals surface area contributed by atoms with Crippen molar-refractivity contribution in [3.63, 3.8) is 0 Å². The second-order valence-corrected chi connectivity index (χ2v) is 5.50. The fourth-order valence-electron chi connectivity index (χ4n) is 2.02. The molecule has 1 heterocycles. The summed E-state index contributed by atoms with van der Waals surface area (Å²) in [4.78, 5) is 4.33. The molecule has 0 saturated carbocycles. The first kappa shape index (κ1) is 13.1. The van der Waals surface area contributed by atoms with E-state index < -0.39 is 0 Å². The Labute approximate surface area is 112 Å². The maximum atomic E-state index is 5.98. The molecule has 4 heteroatoms. The molecule has 1 aromatic carbocycles. The zero-order valence-corrected chi connectivity index (χ0v) is 11.5. The quantitative estimate of drug-likeness (QED) is 0.889. The lowest BCUT2D eigenvalue weighted by atomic mass is 10.00. The summed E-state index contributed by atoms with van der Waals surface area (Å²) in [6, 6.07) is 7.73. The van der Waals surface area contributed by atoms with E-state index in [2.05, 4.69) is 24.1 Å². The van der Waals surface area contributed by atoms with Crippen LogP contribution in [0.25, 0.3) is 10.9 Å². The highest BCUT2D eigenvalue weighted by atomic mass is 35.5. The Bertz CT molecular complexity index is 552. The Balaban J connectivity index is 2.39. The first-order valence-electron chi connectivity index (χ1n) is 6.04. The van der Waals surface area contributed by atoms with Crippen LogP contribution in [-0.4, -0.2) is 17.1 Å². The molecule has 3 N–H and O–H groups in total. The minimum absolute atomic E-state index is 0.0390. The SMILES string of the molecule is CC(C)(CCN)Nc1ccnc2cc(Cl)ccc12.